The van der Waals surface area contributed by atoms with Crippen molar-refractivity contribution in [2.45, 2.75) is 44.4 Å². The van der Waals surface area contributed by atoms with E-state index in [1.54, 1.807) is 15.9 Å². The Morgan fingerprint density at radius 2 is 2.03 bits per heavy atom. The van der Waals surface area contributed by atoms with Gasteiger partial charge in [0.05, 0.1) is 25.8 Å². The van der Waals surface area contributed by atoms with Crippen LogP contribution in [0.15, 0.2) is 36.9 Å². The van der Waals surface area contributed by atoms with Crippen molar-refractivity contribution in [2.75, 3.05) is 32.9 Å². The van der Waals surface area contributed by atoms with E-state index < -0.39 is 12.2 Å². The van der Waals surface area contributed by atoms with Crippen LogP contribution >= 0.6 is 0 Å². The summed E-state index contributed by atoms with van der Waals surface area (Å²) in [6, 6.07) is 7.85. The van der Waals surface area contributed by atoms with E-state index in [2.05, 4.69) is 10.1 Å². The van der Waals surface area contributed by atoms with Crippen molar-refractivity contribution in [3.05, 3.63) is 42.5 Å². The summed E-state index contributed by atoms with van der Waals surface area (Å²) >= 11 is 0. The van der Waals surface area contributed by atoms with Crippen LogP contribution in [-0.4, -0.2) is 80.9 Å². The van der Waals surface area contributed by atoms with E-state index in [9.17, 15) is 15.0 Å². The van der Waals surface area contributed by atoms with E-state index in [1.807, 2.05) is 24.3 Å². The van der Waals surface area contributed by atoms with Crippen LogP contribution in [-0.2, 0) is 22.5 Å². The Kier molecular flexibility index (Phi) is 8.61. The number of aliphatic hydroxyl groups is 2. The summed E-state index contributed by atoms with van der Waals surface area (Å²) in [5.74, 6) is 0.743. The summed E-state index contributed by atoms with van der Waals surface area (Å²) in [5.41, 5.74) is 1.08. The second-order valence-electron chi connectivity index (χ2n) is 7.35. The lowest BCUT2D eigenvalue weighted by molar-refractivity contribution is -0.132. The third-order valence-corrected chi connectivity index (χ3v) is 5.13. The highest BCUT2D eigenvalue weighted by Crippen LogP contribution is 2.20. The number of para-hydroxylation sites is 1. The molecular formula is C21H30N4O5. The summed E-state index contributed by atoms with van der Waals surface area (Å²) in [6.07, 6.45) is 3.16. The SMILES string of the molecule is O=C(CCn1cncn1)N1CCOc2ccccc2CCCOC[C@@H](O)[C@@H](O)CC1. The van der Waals surface area contributed by atoms with Gasteiger partial charge in [-0.25, -0.2) is 4.98 Å². The van der Waals surface area contributed by atoms with E-state index in [4.69, 9.17) is 9.47 Å². The van der Waals surface area contributed by atoms with Crippen LogP contribution in [0.25, 0.3) is 0 Å². The molecule has 2 aromatic rings. The van der Waals surface area contributed by atoms with E-state index in [1.165, 1.54) is 6.33 Å². The van der Waals surface area contributed by atoms with E-state index in [0.29, 0.717) is 32.8 Å². The van der Waals surface area contributed by atoms with Gasteiger partial charge in [0.2, 0.25) is 5.91 Å². The molecule has 1 aliphatic rings. The van der Waals surface area contributed by atoms with Gasteiger partial charge < -0.3 is 24.6 Å². The van der Waals surface area contributed by atoms with Gasteiger partial charge >= 0.3 is 0 Å². The number of rotatable bonds is 3. The summed E-state index contributed by atoms with van der Waals surface area (Å²) in [7, 11) is 0. The first-order valence-electron chi connectivity index (χ1n) is 10.4. The predicted octanol–water partition coefficient (Wildman–Crippen LogP) is 0.650. The molecule has 0 spiro atoms. The van der Waals surface area contributed by atoms with Crippen molar-refractivity contribution in [1.29, 1.82) is 0 Å². The molecule has 1 amide bonds. The summed E-state index contributed by atoms with van der Waals surface area (Å²) in [4.78, 5) is 18.3. The van der Waals surface area contributed by atoms with Gasteiger partial charge in [-0.2, -0.15) is 5.10 Å². The highest BCUT2D eigenvalue weighted by Gasteiger charge is 2.21. The molecule has 3 rings (SSSR count). The molecule has 0 unspecified atom stereocenters. The van der Waals surface area contributed by atoms with Gasteiger partial charge in [0.25, 0.3) is 0 Å². The molecule has 0 bridgehead atoms. The van der Waals surface area contributed by atoms with Crippen molar-refractivity contribution < 1.29 is 24.5 Å². The molecule has 0 aliphatic carbocycles. The second kappa shape index (κ2) is 11.6. The van der Waals surface area contributed by atoms with Gasteiger partial charge in [0.15, 0.2) is 0 Å². The van der Waals surface area contributed by atoms with Crippen LogP contribution in [0.5, 0.6) is 5.75 Å². The molecule has 1 aromatic carbocycles. The molecule has 1 aliphatic heterocycles. The molecular weight excluding hydrogens is 388 g/mol. The van der Waals surface area contributed by atoms with Gasteiger partial charge in [-0.05, 0) is 30.9 Å². The lowest BCUT2D eigenvalue weighted by atomic mass is 10.1. The molecule has 9 heteroatoms. The number of amides is 1. The maximum absolute atomic E-state index is 12.8. The Balaban J connectivity index is 1.65. The molecule has 30 heavy (non-hydrogen) atoms. The smallest absolute Gasteiger partial charge is 0.224 e. The number of carbonyl (C=O) groups excluding carboxylic acids is 1. The molecule has 2 atom stereocenters. The van der Waals surface area contributed by atoms with E-state index >= 15 is 0 Å². The van der Waals surface area contributed by atoms with Gasteiger partial charge in [-0.1, -0.05) is 18.2 Å². The monoisotopic (exact) mass is 418 g/mol. The maximum atomic E-state index is 12.8. The molecule has 2 N–H and O–H groups in total. The number of ether oxygens (including phenoxy) is 2. The van der Waals surface area contributed by atoms with Crippen LogP contribution in [0.3, 0.4) is 0 Å². The van der Waals surface area contributed by atoms with E-state index in [0.717, 1.165) is 24.2 Å². The quantitative estimate of drug-likeness (QED) is 0.753. The zero-order chi connectivity index (χ0) is 21.2. The first-order valence-corrected chi connectivity index (χ1v) is 10.4. The van der Waals surface area contributed by atoms with Crippen LogP contribution < -0.4 is 4.74 Å². The van der Waals surface area contributed by atoms with Gasteiger partial charge in [0, 0.05) is 19.6 Å². The molecule has 2 heterocycles. The topological polar surface area (TPSA) is 110 Å². The number of aromatic nitrogens is 3. The van der Waals surface area contributed by atoms with Crippen LogP contribution in [0, 0.1) is 0 Å². The van der Waals surface area contributed by atoms with E-state index in [-0.39, 0.29) is 25.4 Å². The fourth-order valence-electron chi connectivity index (χ4n) is 3.36. The number of fused-ring (bicyclic) bond motifs is 1. The number of nitrogens with zero attached hydrogens (tertiary/aromatic N) is 4. The Morgan fingerprint density at radius 1 is 1.17 bits per heavy atom. The summed E-state index contributed by atoms with van der Waals surface area (Å²) in [6.45, 7) is 2.05. The lowest BCUT2D eigenvalue weighted by Crippen LogP contribution is -2.39. The zero-order valence-electron chi connectivity index (χ0n) is 17.1. The molecule has 1 aromatic heterocycles. The minimum atomic E-state index is -0.981. The third-order valence-electron chi connectivity index (χ3n) is 5.13. The number of aliphatic hydroxyl groups excluding tert-OH is 2. The van der Waals surface area contributed by atoms with Crippen molar-refractivity contribution >= 4 is 5.91 Å². The number of aryl methyl sites for hydroxylation is 2. The zero-order valence-corrected chi connectivity index (χ0v) is 17.1. The first kappa shape index (κ1) is 22.2. The Bertz CT molecular complexity index is 771. The minimum absolute atomic E-state index is 0.0651. The second-order valence-corrected chi connectivity index (χ2v) is 7.35. The number of benzene rings is 1. The summed E-state index contributed by atoms with van der Waals surface area (Å²) < 4.78 is 13.1. The molecule has 9 nitrogen and oxygen atoms in total. The lowest BCUT2D eigenvalue weighted by Gasteiger charge is -2.25. The first-order chi connectivity index (χ1) is 14.6. The standard InChI is InChI=1S/C21H30N4O5/c26-18-7-9-24(21(28)8-10-25-16-22-15-23-25)11-13-30-20-6-2-1-4-17(20)5-3-12-29-14-19(18)27/h1-2,4,6,15-16,18-19,26-27H,3,5,7-14H2/t18-,19+/m0/s1. The van der Waals surface area contributed by atoms with Crippen molar-refractivity contribution in [3.8, 4) is 5.75 Å². The predicted molar refractivity (Wildman–Crippen MR) is 109 cm³/mol. The normalized spacial score (nSPS) is 21.7. The molecule has 0 fully saturated rings. The van der Waals surface area contributed by atoms with Gasteiger partial charge in [-0.15, -0.1) is 0 Å². The summed E-state index contributed by atoms with van der Waals surface area (Å²) in [5, 5.41) is 24.4. The average Bonchev–Trinajstić information content (AvgIpc) is 3.27. The van der Waals surface area contributed by atoms with Crippen molar-refractivity contribution in [1.82, 2.24) is 19.7 Å². The number of carbonyl (C=O) groups is 1. The molecule has 0 saturated heterocycles. The Morgan fingerprint density at radius 3 is 2.87 bits per heavy atom. The average molecular weight is 418 g/mol. The van der Waals surface area contributed by atoms with Crippen molar-refractivity contribution in [3.63, 3.8) is 0 Å². The Labute approximate surface area is 176 Å². The van der Waals surface area contributed by atoms with Crippen LogP contribution in [0.2, 0.25) is 0 Å². The van der Waals surface area contributed by atoms with Crippen LogP contribution in [0.1, 0.15) is 24.8 Å². The minimum Gasteiger partial charge on any atom is -0.491 e. The third kappa shape index (κ3) is 6.79. The fraction of sp³-hybridized carbons (Fsp3) is 0.571. The molecule has 0 saturated carbocycles. The van der Waals surface area contributed by atoms with Crippen LogP contribution in [0.4, 0.5) is 0 Å². The van der Waals surface area contributed by atoms with Crippen molar-refractivity contribution in [2.24, 2.45) is 0 Å². The maximum Gasteiger partial charge on any atom is 0.224 e. The molecule has 0 radical (unpaired) electrons. The van der Waals surface area contributed by atoms with Gasteiger partial charge in [-0.3, -0.25) is 9.48 Å². The highest BCUT2D eigenvalue weighted by atomic mass is 16.5. The fourth-order valence-corrected chi connectivity index (χ4v) is 3.36. The van der Waals surface area contributed by atoms with Gasteiger partial charge in [0.1, 0.15) is 31.1 Å². The number of hydrogen-bond donors (Lipinski definition) is 2. The highest BCUT2D eigenvalue weighted by molar-refractivity contribution is 5.76. The largest absolute Gasteiger partial charge is 0.491 e. The molecule has 164 valence electrons. The number of hydrogen-bond acceptors (Lipinski definition) is 7. The Hall–Kier alpha value is -2.49.